The summed E-state index contributed by atoms with van der Waals surface area (Å²) in [5.74, 6) is 0. The van der Waals surface area contributed by atoms with E-state index in [9.17, 15) is 0 Å². The molecule has 0 atom stereocenters. The molecule has 76 valence electrons. The zero-order valence-electron chi connectivity index (χ0n) is 8.87. The molecule has 0 saturated heterocycles. The minimum atomic E-state index is 0.930. The Labute approximate surface area is 89.0 Å². The van der Waals surface area contributed by atoms with E-state index in [-0.39, 0.29) is 0 Å². The highest BCUT2D eigenvalue weighted by atomic mass is 32.1. The Hall–Kier alpha value is -1.09. The predicted molar refractivity (Wildman–Crippen MR) is 65.1 cm³/mol. The Balaban J connectivity index is 0.000000461. The summed E-state index contributed by atoms with van der Waals surface area (Å²) >= 11 is 1.70. The van der Waals surface area contributed by atoms with Gasteiger partial charge >= 0.3 is 0 Å². The van der Waals surface area contributed by atoms with Gasteiger partial charge in [0.2, 0.25) is 0 Å². The van der Waals surface area contributed by atoms with Crippen molar-refractivity contribution in [3.05, 3.63) is 24.3 Å². The Morgan fingerprint density at radius 3 is 2.64 bits per heavy atom. The summed E-state index contributed by atoms with van der Waals surface area (Å²) in [6.45, 7) is 7.01. The molecule has 0 unspecified atom stereocenters. The fourth-order valence-corrected chi connectivity index (χ4v) is 2.03. The van der Waals surface area contributed by atoms with Gasteiger partial charge in [-0.15, -0.1) is 0 Å². The average Bonchev–Trinajstić information content (AvgIpc) is 2.63. The van der Waals surface area contributed by atoms with Crippen molar-refractivity contribution in [2.45, 2.75) is 20.8 Å². The molecule has 0 saturated carbocycles. The van der Waals surface area contributed by atoms with Gasteiger partial charge in [-0.1, -0.05) is 37.3 Å². The molecule has 2 aromatic rings. The maximum absolute atomic E-state index is 4.41. The number of fused-ring (bicyclic) bond motifs is 1. The Bertz CT molecular complexity index is 348. The first-order chi connectivity index (χ1) is 6.90. The molecule has 3 heteroatoms. The van der Waals surface area contributed by atoms with Crippen LogP contribution < -0.4 is 5.32 Å². The summed E-state index contributed by atoms with van der Waals surface area (Å²) < 4.78 is 1.24. The second kappa shape index (κ2) is 5.60. The highest BCUT2D eigenvalue weighted by Crippen LogP contribution is 2.24. The van der Waals surface area contributed by atoms with Crippen LogP contribution in [0.25, 0.3) is 10.2 Å². The molecule has 0 aliphatic rings. The van der Waals surface area contributed by atoms with E-state index in [2.05, 4.69) is 23.3 Å². The van der Waals surface area contributed by atoms with Crippen LogP contribution in [0.4, 0.5) is 5.13 Å². The molecule has 14 heavy (non-hydrogen) atoms. The van der Waals surface area contributed by atoms with Crippen molar-refractivity contribution in [1.82, 2.24) is 4.98 Å². The molecule has 2 rings (SSSR count). The lowest BCUT2D eigenvalue weighted by Gasteiger charge is -1.91. The smallest absolute Gasteiger partial charge is 0.183 e. The zero-order chi connectivity index (χ0) is 10.4. The molecule has 0 aliphatic carbocycles. The van der Waals surface area contributed by atoms with Gasteiger partial charge < -0.3 is 5.32 Å². The lowest BCUT2D eigenvalue weighted by Crippen LogP contribution is -1.94. The van der Waals surface area contributed by atoms with Gasteiger partial charge in [0, 0.05) is 6.54 Å². The largest absolute Gasteiger partial charge is 0.362 e. The van der Waals surface area contributed by atoms with E-state index in [0.29, 0.717) is 0 Å². The van der Waals surface area contributed by atoms with Crippen molar-refractivity contribution in [3.63, 3.8) is 0 Å². The molecule has 1 aromatic carbocycles. The first-order valence-electron chi connectivity index (χ1n) is 4.99. The maximum atomic E-state index is 4.41. The van der Waals surface area contributed by atoms with Gasteiger partial charge in [-0.2, -0.15) is 0 Å². The normalized spacial score (nSPS) is 9.36. The van der Waals surface area contributed by atoms with Crippen molar-refractivity contribution in [3.8, 4) is 0 Å². The molecule has 1 aromatic heterocycles. The number of benzene rings is 1. The van der Waals surface area contributed by atoms with Crippen LogP contribution in [0, 0.1) is 0 Å². The van der Waals surface area contributed by atoms with Gasteiger partial charge in [0.1, 0.15) is 0 Å². The first-order valence-corrected chi connectivity index (χ1v) is 5.81. The lowest BCUT2D eigenvalue weighted by molar-refractivity contribution is 1.20. The van der Waals surface area contributed by atoms with Gasteiger partial charge in [-0.25, -0.2) is 4.98 Å². The van der Waals surface area contributed by atoms with Gasteiger partial charge in [0.05, 0.1) is 10.2 Å². The molecule has 0 bridgehead atoms. The van der Waals surface area contributed by atoms with Crippen LogP contribution in [0.15, 0.2) is 24.3 Å². The number of hydrogen-bond acceptors (Lipinski definition) is 3. The first kappa shape index (κ1) is 11.0. The van der Waals surface area contributed by atoms with Crippen LogP contribution in [0.5, 0.6) is 0 Å². The molecule has 0 radical (unpaired) electrons. The van der Waals surface area contributed by atoms with Gasteiger partial charge in [0.15, 0.2) is 5.13 Å². The number of aromatic nitrogens is 1. The van der Waals surface area contributed by atoms with Crippen molar-refractivity contribution >= 4 is 26.7 Å². The number of nitrogens with one attached hydrogen (secondary N) is 1. The Morgan fingerprint density at radius 2 is 2.00 bits per heavy atom. The highest BCUT2D eigenvalue weighted by molar-refractivity contribution is 7.22. The van der Waals surface area contributed by atoms with Crippen molar-refractivity contribution in [2.24, 2.45) is 0 Å². The molecular formula is C11H16N2S. The zero-order valence-corrected chi connectivity index (χ0v) is 9.69. The Kier molecular flexibility index (Phi) is 4.40. The summed E-state index contributed by atoms with van der Waals surface area (Å²) in [4.78, 5) is 4.41. The van der Waals surface area contributed by atoms with Gasteiger partial charge in [0.25, 0.3) is 0 Å². The van der Waals surface area contributed by atoms with E-state index in [1.807, 2.05) is 32.0 Å². The van der Waals surface area contributed by atoms with Crippen molar-refractivity contribution in [2.75, 3.05) is 11.9 Å². The summed E-state index contributed by atoms with van der Waals surface area (Å²) in [5, 5.41) is 4.22. The van der Waals surface area contributed by atoms with Crippen molar-refractivity contribution in [1.29, 1.82) is 0 Å². The molecule has 1 heterocycles. The van der Waals surface area contributed by atoms with Crippen LogP contribution >= 0.6 is 11.3 Å². The monoisotopic (exact) mass is 208 g/mol. The van der Waals surface area contributed by atoms with Crippen molar-refractivity contribution < 1.29 is 0 Å². The predicted octanol–water partition coefficient (Wildman–Crippen LogP) is 3.75. The molecule has 0 aliphatic heterocycles. The van der Waals surface area contributed by atoms with E-state index in [4.69, 9.17) is 0 Å². The number of anilines is 1. The lowest BCUT2D eigenvalue weighted by atomic mass is 10.3. The number of rotatable bonds is 2. The minimum absolute atomic E-state index is 0.930. The Morgan fingerprint density at radius 1 is 1.29 bits per heavy atom. The van der Waals surface area contributed by atoms with E-state index < -0.39 is 0 Å². The third kappa shape index (κ3) is 2.45. The standard InChI is InChI=1S/C9H10N2S.C2H6/c1-2-10-9-11-7-5-3-4-6-8(7)12-9;1-2/h3-6H,2H2,1H3,(H,10,11);1-2H3. The molecule has 1 N–H and O–H groups in total. The topological polar surface area (TPSA) is 24.9 Å². The summed E-state index contributed by atoms with van der Waals surface area (Å²) in [7, 11) is 0. The number of thiazole rings is 1. The second-order valence-electron chi connectivity index (χ2n) is 2.52. The van der Waals surface area contributed by atoms with Crippen LogP contribution in [-0.2, 0) is 0 Å². The highest BCUT2D eigenvalue weighted by Gasteiger charge is 1.99. The molecule has 0 amide bonds. The number of nitrogens with zero attached hydrogens (tertiary/aromatic N) is 1. The number of para-hydroxylation sites is 1. The molecule has 0 spiro atoms. The maximum Gasteiger partial charge on any atom is 0.183 e. The van der Waals surface area contributed by atoms with E-state index in [1.165, 1.54) is 4.70 Å². The number of hydrogen-bond donors (Lipinski definition) is 1. The van der Waals surface area contributed by atoms with E-state index in [0.717, 1.165) is 17.2 Å². The fourth-order valence-electron chi connectivity index (χ4n) is 1.10. The van der Waals surface area contributed by atoms with Crippen LogP contribution in [0.1, 0.15) is 20.8 Å². The molecular weight excluding hydrogens is 192 g/mol. The molecule has 2 nitrogen and oxygen atoms in total. The molecule has 0 fully saturated rings. The second-order valence-corrected chi connectivity index (χ2v) is 3.55. The average molecular weight is 208 g/mol. The van der Waals surface area contributed by atoms with Gasteiger partial charge in [-0.3, -0.25) is 0 Å². The van der Waals surface area contributed by atoms with Gasteiger partial charge in [-0.05, 0) is 19.1 Å². The SMILES string of the molecule is CC.CCNc1nc2ccccc2s1. The van der Waals surface area contributed by atoms with Crippen LogP contribution in [0.3, 0.4) is 0 Å². The summed E-state index contributed by atoms with van der Waals surface area (Å²) in [6, 6.07) is 8.18. The minimum Gasteiger partial charge on any atom is -0.362 e. The fraction of sp³-hybridized carbons (Fsp3) is 0.364. The van der Waals surface area contributed by atoms with Crippen LogP contribution in [0.2, 0.25) is 0 Å². The quantitative estimate of drug-likeness (QED) is 0.813. The van der Waals surface area contributed by atoms with E-state index >= 15 is 0 Å². The third-order valence-corrected chi connectivity index (χ3v) is 2.62. The van der Waals surface area contributed by atoms with Crippen LogP contribution in [-0.4, -0.2) is 11.5 Å². The van der Waals surface area contributed by atoms with E-state index in [1.54, 1.807) is 11.3 Å². The third-order valence-electron chi connectivity index (χ3n) is 1.62. The summed E-state index contributed by atoms with van der Waals surface area (Å²) in [6.07, 6.45) is 0. The summed E-state index contributed by atoms with van der Waals surface area (Å²) in [5.41, 5.74) is 1.08.